The average molecular weight is 238 g/mol. The second-order valence-corrected chi connectivity index (χ2v) is 3.61. The normalized spacial score (nSPS) is 17.2. The Morgan fingerprint density at radius 2 is 2.27 bits per heavy atom. The second kappa shape index (κ2) is 3.59. The van der Waals surface area contributed by atoms with Crippen molar-refractivity contribution < 1.29 is 0 Å². The number of H-pyrrole nitrogens is 1. The zero-order chi connectivity index (χ0) is 6.97. The summed E-state index contributed by atoms with van der Waals surface area (Å²) in [5.74, 6) is 0.747. The molecule has 0 amide bonds. The van der Waals surface area contributed by atoms with Crippen LogP contribution < -0.4 is 0 Å². The Morgan fingerprint density at radius 1 is 1.55 bits per heavy atom. The number of rotatable bonds is 1. The zero-order valence-corrected chi connectivity index (χ0v) is 8.41. The molecule has 0 bridgehead atoms. The maximum Gasteiger partial charge on any atom is 0.0632 e. The van der Waals surface area contributed by atoms with Gasteiger partial charge in [-0.25, -0.2) is 0 Å². The van der Waals surface area contributed by atoms with Crippen LogP contribution in [0, 0.1) is 0 Å². The van der Waals surface area contributed by atoms with Crippen LogP contribution in [-0.2, 0) is 0 Å². The summed E-state index contributed by atoms with van der Waals surface area (Å²) in [6, 6.07) is 0. The van der Waals surface area contributed by atoms with Gasteiger partial charge in [0.2, 0.25) is 0 Å². The van der Waals surface area contributed by atoms with E-state index in [4.69, 9.17) is 0 Å². The van der Waals surface area contributed by atoms with E-state index in [2.05, 4.69) is 26.1 Å². The first-order chi connectivity index (χ1) is 4.88. The number of hydrogen-bond donors (Lipinski definition) is 1. The lowest BCUT2D eigenvalue weighted by Gasteiger charge is -2.24. The lowest BCUT2D eigenvalue weighted by Crippen LogP contribution is -2.09. The van der Waals surface area contributed by atoms with Gasteiger partial charge in [-0.15, -0.1) is 12.4 Å². The third-order valence-corrected chi connectivity index (χ3v) is 2.77. The quantitative estimate of drug-likeness (QED) is 0.799. The van der Waals surface area contributed by atoms with Crippen molar-refractivity contribution in [2.45, 2.75) is 25.2 Å². The SMILES string of the molecule is Brc1cn[nH]c1C1CCC1.Cl. The molecule has 1 aliphatic carbocycles. The smallest absolute Gasteiger partial charge is 0.0632 e. The van der Waals surface area contributed by atoms with Crippen LogP contribution in [0.3, 0.4) is 0 Å². The van der Waals surface area contributed by atoms with Crippen LogP contribution in [0.5, 0.6) is 0 Å². The molecule has 2 nitrogen and oxygen atoms in total. The third-order valence-electron chi connectivity index (χ3n) is 2.13. The summed E-state index contributed by atoms with van der Waals surface area (Å²) in [6.45, 7) is 0. The standard InChI is InChI=1S/C7H9BrN2.ClH/c8-6-4-9-10-7(6)5-2-1-3-5;/h4-5H,1-3H2,(H,9,10);1H. The van der Waals surface area contributed by atoms with E-state index in [1.54, 1.807) is 0 Å². The van der Waals surface area contributed by atoms with E-state index in [0.29, 0.717) is 0 Å². The Labute approximate surface area is 80.3 Å². The molecule has 11 heavy (non-hydrogen) atoms. The highest BCUT2D eigenvalue weighted by atomic mass is 79.9. The fraction of sp³-hybridized carbons (Fsp3) is 0.571. The minimum atomic E-state index is 0. The Morgan fingerprint density at radius 3 is 2.64 bits per heavy atom. The van der Waals surface area contributed by atoms with Gasteiger partial charge in [-0.2, -0.15) is 5.10 Å². The van der Waals surface area contributed by atoms with Crippen molar-refractivity contribution in [1.82, 2.24) is 10.2 Å². The molecule has 0 radical (unpaired) electrons. The van der Waals surface area contributed by atoms with E-state index in [1.807, 2.05) is 6.20 Å². The molecule has 0 unspecified atom stereocenters. The van der Waals surface area contributed by atoms with Crippen molar-refractivity contribution in [1.29, 1.82) is 0 Å². The molecule has 1 aromatic heterocycles. The van der Waals surface area contributed by atoms with Gasteiger partial charge >= 0.3 is 0 Å². The Bertz CT molecular complexity index is 232. The van der Waals surface area contributed by atoms with E-state index in [9.17, 15) is 0 Å². The van der Waals surface area contributed by atoms with Crippen LogP contribution in [0.4, 0.5) is 0 Å². The van der Waals surface area contributed by atoms with Crippen LogP contribution in [0.25, 0.3) is 0 Å². The predicted molar refractivity (Wildman–Crippen MR) is 50.1 cm³/mol. The molecule has 0 aliphatic heterocycles. The van der Waals surface area contributed by atoms with E-state index < -0.39 is 0 Å². The number of aromatic amines is 1. The highest BCUT2D eigenvalue weighted by Crippen LogP contribution is 2.38. The van der Waals surface area contributed by atoms with E-state index >= 15 is 0 Å². The summed E-state index contributed by atoms with van der Waals surface area (Å²) in [5, 5.41) is 6.96. The van der Waals surface area contributed by atoms with Gasteiger partial charge in [-0.1, -0.05) is 6.42 Å². The maximum absolute atomic E-state index is 3.95. The second-order valence-electron chi connectivity index (χ2n) is 2.76. The van der Waals surface area contributed by atoms with E-state index in [-0.39, 0.29) is 12.4 Å². The van der Waals surface area contributed by atoms with Gasteiger partial charge < -0.3 is 0 Å². The molecule has 1 heterocycles. The van der Waals surface area contributed by atoms with Crippen molar-refractivity contribution in [3.05, 3.63) is 16.4 Å². The minimum absolute atomic E-state index is 0. The van der Waals surface area contributed by atoms with E-state index in [0.717, 1.165) is 10.4 Å². The maximum atomic E-state index is 3.95. The van der Waals surface area contributed by atoms with E-state index in [1.165, 1.54) is 25.0 Å². The number of nitrogens with one attached hydrogen (secondary N) is 1. The first-order valence-electron chi connectivity index (χ1n) is 3.56. The molecule has 1 aliphatic rings. The summed E-state index contributed by atoms with van der Waals surface area (Å²) >= 11 is 3.45. The molecule has 0 spiro atoms. The number of nitrogens with zero attached hydrogens (tertiary/aromatic N) is 1. The summed E-state index contributed by atoms with van der Waals surface area (Å²) in [6.07, 6.45) is 5.84. The van der Waals surface area contributed by atoms with Crippen LogP contribution in [0.15, 0.2) is 10.7 Å². The van der Waals surface area contributed by atoms with Crippen LogP contribution in [-0.4, -0.2) is 10.2 Å². The van der Waals surface area contributed by atoms with Crippen LogP contribution >= 0.6 is 28.3 Å². The highest BCUT2D eigenvalue weighted by molar-refractivity contribution is 9.10. The fourth-order valence-corrected chi connectivity index (χ4v) is 1.78. The lowest BCUT2D eigenvalue weighted by molar-refractivity contribution is 0.409. The number of halogens is 2. The molecule has 0 saturated heterocycles. The number of aromatic nitrogens is 2. The van der Waals surface area contributed by atoms with Crippen LogP contribution in [0.1, 0.15) is 30.9 Å². The molecule has 1 aromatic rings. The zero-order valence-electron chi connectivity index (χ0n) is 6.01. The summed E-state index contributed by atoms with van der Waals surface area (Å²) in [7, 11) is 0. The highest BCUT2D eigenvalue weighted by Gasteiger charge is 2.22. The van der Waals surface area contributed by atoms with Gasteiger partial charge in [0.25, 0.3) is 0 Å². The van der Waals surface area contributed by atoms with Gasteiger partial charge in [0.05, 0.1) is 16.4 Å². The molecule has 4 heteroatoms. The minimum Gasteiger partial charge on any atom is -0.281 e. The summed E-state index contributed by atoms with van der Waals surface area (Å²) < 4.78 is 1.14. The average Bonchev–Trinajstić information content (AvgIpc) is 2.12. The van der Waals surface area contributed by atoms with Crippen molar-refractivity contribution in [2.24, 2.45) is 0 Å². The van der Waals surface area contributed by atoms with Crippen molar-refractivity contribution in [3.63, 3.8) is 0 Å². The van der Waals surface area contributed by atoms with Gasteiger partial charge in [-0.05, 0) is 28.8 Å². The molecule has 1 saturated carbocycles. The number of hydrogen-bond acceptors (Lipinski definition) is 1. The molecular formula is C7H10BrClN2. The predicted octanol–water partition coefficient (Wildman–Crippen LogP) is 2.86. The summed E-state index contributed by atoms with van der Waals surface area (Å²) in [4.78, 5) is 0. The molecule has 62 valence electrons. The van der Waals surface area contributed by atoms with Crippen molar-refractivity contribution >= 4 is 28.3 Å². The van der Waals surface area contributed by atoms with Crippen molar-refractivity contribution in [3.8, 4) is 0 Å². The Kier molecular flexibility index (Phi) is 2.96. The molecule has 0 atom stereocenters. The third kappa shape index (κ3) is 1.59. The fourth-order valence-electron chi connectivity index (χ4n) is 1.26. The first-order valence-corrected chi connectivity index (χ1v) is 4.36. The molecule has 0 aromatic carbocycles. The lowest BCUT2D eigenvalue weighted by atomic mass is 9.83. The molecule has 1 N–H and O–H groups in total. The molecule has 2 rings (SSSR count). The Balaban J connectivity index is 0.000000605. The van der Waals surface area contributed by atoms with Gasteiger partial charge in [0, 0.05) is 5.92 Å². The van der Waals surface area contributed by atoms with Crippen LogP contribution in [0.2, 0.25) is 0 Å². The summed E-state index contributed by atoms with van der Waals surface area (Å²) in [5.41, 5.74) is 1.28. The topological polar surface area (TPSA) is 28.7 Å². The van der Waals surface area contributed by atoms with Gasteiger partial charge in [0.15, 0.2) is 0 Å². The largest absolute Gasteiger partial charge is 0.281 e. The van der Waals surface area contributed by atoms with Gasteiger partial charge in [-0.3, -0.25) is 5.10 Å². The van der Waals surface area contributed by atoms with Crippen molar-refractivity contribution in [2.75, 3.05) is 0 Å². The Hall–Kier alpha value is -0.0200. The van der Waals surface area contributed by atoms with Gasteiger partial charge in [0.1, 0.15) is 0 Å². The molecular weight excluding hydrogens is 227 g/mol. The monoisotopic (exact) mass is 236 g/mol. The first kappa shape index (κ1) is 9.07. The molecule has 1 fully saturated rings.